The van der Waals surface area contributed by atoms with Crippen LogP contribution in [-0.2, 0) is 23.6 Å². The Balaban J connectivity index is 1.79. The number of carbonyl (C=O) groups excluding carboxylic acids is 1. The Kier molecular flexibility index (Phi) is 4.08. The van der Waals surface area contributed by atoms with E-state index >= 15 is 0 Å². The largest absolute Gasteiger partial charge is 0.354 e. The predicted octanol–water partition coefficient (Wildman–Crippen LogP) is 0.399. The van der Waals surface area contributed by atoms with Gasteiger partial charge in [0.2, 0.25) is 10.0 Å². The van der Waals surface area contributed by atoms with E-state index in [0.717, 1.165) is 0 Å². The van der Waals surface area contributed by atoms with E-state index in [0.29, 0.717) is 16.6 Å². The second-order valence-corrected chi connectivity index (χ2v) is 6.93. The summed E-state index contributed by atoms with van der Waals surface area (Å²) in [6.45, 7) is 0.0787. The van der Waals surface area contributed by atoms with E-state index in [1.165, 1.54) is 23.9 Å². The molecule has 0 bridgehead atoms. The lowest BCUT2D eigenvalue weighted by Gasteiger charge is -2.04. The van der Waals surface area contributed by atoms with Crippen molar-refractivity contribution in [2.75, 3.05) is 7.05 Å². The normalized spacial score (nSPS) is 11.8. The first-order valence-electron chi connectivity index (χ1n) is 7.00. The predicted molar refractivity (Wildman–Crippen MR) is 84.6 cm³/mol. The molecule has 0 aliphatic carbocycles. The Hall–Kier alpha value is -2.72. The fraction of sp³-hybridized carbons (Fsp3) is 0.214. The van der Waals surface area contributed by atoms with Crippen LogP contribution in [0.25, 0.3) is 11.0 Å². The van der Waals surface area contributed by atoms with Gasteiger partial charge in [-0.3, -0.25) is 4.79 Å². The Morgan fingerprint density at radius 1 is 1.25 bits per heavy atom. The number of benzene rings is 1. The topological polar surface area (TPSA) is 119 Å². The van der Waals surface area contributed by atoms with Gasteiger partial charge in [-0.2, -0.15) is 0 Å². The van der Waals surface area contributed by atoms with Gasteiger partial charge in [0.05, 0.1) is 0 Å². The third-order valence-electron chi connectivity index (χ3n) is 3.53. The van der Waals surface area contributed by atoms with Crippen molar-refractivity contribution in [1.82, 2.24) is 24.9 Å². The second kappa shape index (κ2) is 6.06. The van der Waals surface area contributed by atoms with Crippen LogP contribution in [0.1, 0.15) is 16.1 Å². The zero-order valence-corrected chi connectivity index (χ0v) is 13.8. The zero-order valence-electron chi connectivity index (χ0n) is 13.0. The highest BCUT2D eigenvalue weighted by atomic mass is 32.2. The SMILES string of the molecule is CNC(=O)c1cc(S(=O)(=O)NCc2ccc3nonc3c2)cn1C. The third kappa shape index (κ3) is 3.01. The van der Waals surface area contributed by atoms with Crippen molar-refractivity contribution >= 4 is 27.0 Å². The molecule has 0 spiro atoms. The van der Waals surface area contributed by atoms with Crippen molar-refractivity contribution in [3.63, 3.8) is 0 Å². The number of hydrogen-bond donors (Lipinski definition) is 2. The smallest absolute Gasteiger partial charge is 0.267 e. The number of nitrogens with one attached hydrogen (secondary N) is 2. The average Bonchev–Trinajstić information content (AvgIpc) is 3.18. The molecule has 0 saturated carbocycles. The quantitative estimate of drug-likeness (QED) is 0.688. The summed E-state index contributed by atoms with van der Waals surface area (Å²) in [5.41, 5.74) is 2.12. The molecule has 126 valence electrons. The summed E-state index contributed by atoms with van der Waals surface area (Å²) in [5, 5.41) is 9.86. The first-order chi connectivity index (χ1) is 11.4. The molecule has 24 heavy (non-hydrogen) atoms. The van der Waals surface area contributed by atoms with E-state index in [1.807, 2.05) is 0 Å². The van der Waals surface area contributed by atoms with Crippen LogP contribution in [0.15, 0.2) is 40.0 Å². The number of carbonyl (C=O) groups is 1. The van der Waals surface area contributed by atoms with Gasteiger partial charge in [-0.15, -0.1) is 0 Å². The van der Waals surface area contributed by atoms with E-state index in [1.54, 1.807) is 25.2 Å². The standard InChI is InChI=1S/C14H15N5O4S/c1-15-14(20)13-6-10(8-19(13)2)24(21,22)16-7-9-3-4-11-12(5-9)18-23-17-11/h3-6,8,16H,7H2,1-2H3,(H,15,20). The van der Waals surface area contributed by atoms with Crippen LogP contribution in [-0.4, -0.2) is 36.3 Å². The van der Waals surface area contributed by atoms with Gasteiger partial charge in [-0.1, -0.05) is 6.07 Å². The van der Waals surface area contributed by atoms with Gasteiger partial charge < -0.3 is 9.88 Å². The molecule has 0 saturated heterocycles. The van der Waals surface area contributed by atoms with Gasteiger partial charge in [-0.05, 0) is 34.1 Å². The minimum absolute atomic E-state index is 0.0211. The fourth-order valence-corrected chi connectivity index (χ4v) is 3.32. The van der Waals surface area contributed by atoms with E-state index in [9.17, 15) is 13.2 Å². The summed E-state index contributed by atoms with van der Waals surface area (Å²) in [5.74, 6) is -0.358. The zero-order chi connectivity index (χ0) is 17.3. The maximum absolute atomic E-state index is 12.4. The number of aromatic nitrogens is 3. The van der Waals surface area contributed by atoms with Crippen LogP contribution < -0.4 is 10.0 Å². The highest BCUT2D eigenvalue weighted by Crippen LogP contribution is 2.15. The third-order valence-corrected chi connectivity index (χ3v) is 4.90. The molecule has 3 rings (SSSR count). The van der Waals surface area contributed by atoms with E-state index < -0.39 is 10.0 Å². The minimum atomic E-state index is -3.75. The molecule has 9 nitrogen and oxygen atoms in total. The summed E-state index contributed by atoms with van der Waals surface area (Å²) < 4.78 is 33.3. The number of fused-ring (bicyclic) bond motifs is 1. The molecule has 1 aromatic carbocycles. The molecule has 0 aliphatic heterocycles. The molecule has 0 aliphatic rings. The van der Waals surface area contributed by atoms with Gasteiger partial charge in [0.15, 0.2) is 0 Å². The van der Waals surface area contributed by atoms with E-state index in [-0.39, 0.29) is 23.0 Å². The minimum Gasteiger partial charge on any atom is -0.354 e. The second-order valence-electron chi connectivity index (χ2n) is 5.16. The molecule has 2 heterocycles. The molecule has 1 amide bonds. The summed E-state index contributed by atoms with van der Waals surface area (Å²) in [6.07, 6.45) is 1.39. The molecule has 0 radical (unpaired) electrons. The van der Waals surface area contributed by atoms with Gasteiger partial charge in [0.1, 0.15) is 21.6 Å². The first kappa shape index (κ1) is 16.1. The Morgan fingerprint density at radius 3 is 2.75 bits per heavy atom. The van der Waals surface area contributed by atoms with Crippen molar-refractivity contribution in [3.05, 3.63) is 41.7 Å². The first-order valence-corrected chi connectivity index (χ1v) is 8.48. The highest BCUT2D eigenvalue weighted by molar-refractivity contribution is 7.89. The van der Waals surface area contributed by atoms with Crippen LogP contribution in [0.4, 0.5) is 0 Å². The number of sulfonamides is 1. The van der Waals surface area contributed by atoms with Gasteiger partial charge in [0.25, 0.3) is 5.91 Å². The highest BCUT2D eigenvalue weighted by Gasteiger charge is 2.20. The molecule has 0 unspecified atom stereocenters. The fourth-order valence-electron chi connectivity index (χ4n) is 2.23. The number of hydrogen-bond acceptors (Lipinski definition) is 6. The lowest BCUT2D eigenvalue weighted by molar-refractivity contribution is 0.0955. The van der Waals surface area contributed by atoms with E-state index in [2.05, 4.69) is 25.0 Å². The van der Waals surface area contributed by atoms with Crippen LogP contribution in [0.5, 0.6) is 0 Å². The monoisotopic (exact) mass is 349 g/mol. The molecule has 0 fully saturated rings. The lowest BCUT2D eigenvalue weighted by atomic mass is 10.2. The molecule has 3 aromatic rings. The summed E-state index contributed by atoms with van der Waals surface area (Å²) in [4.78, 5) is 11.7. The van der Waals surface area contributed by atoms with Crippen LogP contribution in [0, 0.1) is 0 Å². The van der Waals surface area contributed by atoms with Crippen molar-refractivity contribution in [2.24, 2.45) is 7.05 Å². The van der Waals surface area contributed by atoms with E-state index in [4.69, 9.17) is 0 Å². The maximum atomic E-state index is 12.4. The van der Waals surface area contributed by atoms with Crippen molar-refractivity contribution in [3.8, 4) is 0 Å². The van der Waals surface area contributed by atoms with Gasteiger partial charge in [-0.25, -0.2) is 17.8 Å². The van der Waals surface area contributed by atoms with Crippen molar-refractivity contribution in [2.45, 2.75) is 11.4 Å². The number of amides is 1. The summed E-state index contributed by atoms with van der Waals surface area (Å²) in [7, 11) is -0.663. The van der Waals surface area contributed by atoms with Gasteiger partial charge >= 0.3 is 0 Å². The number of aryl methyl sites for hydroxylation is 1. The molecular weight excluding hydrogens is 334 g/mol. The van der Waals surface area contributed by atoms with Gasteiger partial charge in [0, 0.05) is 26.8 Å². The van der Waals surface area contributed by atoms with Crippen molar-refractivity contribution < 1.29 is 17.8 Å². The molecule has 10 heteroatoms. The number of nitrogens with zero attached hydrogens (tertiary/aromatic N) is 3. The van der Waals surface area contributed by atoms with Crippen molar-refractivity contribution in [1.29, 1.82) is 0 Å². The summed E-state index contributed by atoms with van der Waals surface area (Å²) in [6, 6.07) is 6.44. The summed E-state index contributed by atoms with van der Waals surface area (Å²) >= 11 is 0. The Labute approximate surface area is 137 Å². The molecule has 2 N–H and O–H groups in total. The molecular formula is C14H15N5O4S. The average molecular weight is 349 g/mol. The maximum Gasteiger partial charge on any atom is 0.267 e. The number of rotatable bonds is 5. The Morgan fingerprint density at radius 2 is 2.00 bits per heavy atom. The van der Waals surface area contributed by atoms with Crippen LogP contribution >= 0.6 is 0 Å². The van der Waals surface area contributed by atoms with Crippen LogP contribution in [0.3, 0.4) is 0 Å². The molecule has 2 aromatic heterocycles. The molecule has 0 atom stereocenters. The Bertz CT molecular complexity index is 1010. The van der Waals surface area contributed by atoms with Crippen LogP contribution in [0.2, 0.25) is 0 Å². The lowest BCUT2D eigenvalue weighted by Crippen LogP contribution is -2.23.